The second-order valence-electron chi connectivity index (χ2n) is 10.2. The molecule has 1 saturated heterocycles. The van der Waals surface area contributed by atoms with E-state index in [1.165, 1.54) is 6.07 Å². The van der Waals surface area contributed by atoms with Crippen LogP contribution in [0.1, 0.15) is 55.8 Å². The minimum atomic E-state index is -1.16. The summed E-state index contributed by atoms with van der Waals surface area (Å²) in [7, 11) is 1.58. The van der Waals surface area contributed by atoms with Crippen molar-refractivity contribution in [2.24, 2.45) is 11.8 Å². The second-order valence-corrected chi connectivity index (χ2v) is 10.2. The van der Waals surface area contributed by atoms with Gasteiger partial charge in [0.15, 0.2) is 11.6 Å². The van der Waals surface area contributed by atoms with Gasteiger partial charge in [-0.15, -0.1) is 0 Å². The van der Waals surface area contributed by atoms with Gasteiger partial charge >= 0.3 is 5.97 Å². The number of benzene rings is 2. The topological polar surface area (TPSA) is 62.7 Å². The summed E-state index contributed by atoms with van der Waals surface area (Å²) in [5.41, 5.74) is 1.69. The Balaban J connectivity index is 1.36. The van der Waals surface area contributed by atoms with Crippen molar-refractivity contribution in [2.75, 3.05) is 26.7 Å². The summed E-state index contributed by atoms with van der Waals surface area (Å²) in [6, 6.07) is 11.4. The molecule has 2 heterocycles. The average Bonchev–Trinajstić information content (AvgIpc) is 2.92. The van der Waals surface area contributed by atoms with Gasteiger partial charge in [-0.1, -0.05) is 12.1 Å². The highest BCUT2D eigenvalue weighted by Crippen LogP contribution is 2.36. The second kappa shape index (κ2) is 13.1. The molecule has 1 N–H and O–H groups in total. The molecule has 1 fully saturated rings. The first-order valence-corrected chi connectivity index (χ1v) is 13.3. The molecule has 1 aliphatic rings. The van der Waals surface area contributed by atoms with Gasteiger partial charge < -0.3 is 14.7 Å². The number of halogens is 3. The first kappa shape index (κ1) is 27.9. The van der Waals surface area contributed by atoms with Gasteiger partial charge in [0.1, 0.15) is 11.9 Å². The van der Waals surface area contributed by atoms with Gasteiger partial charge in [0.05, 0.1) is 12.6 Å². The third-order valence-electron chi connectivity index (χ3n) is 7.77. The molecular weight excluding hydrogens is 493 g/mol. The van der Waals surface area contributed by atoms with Crippen LogP contribution < -0.4 is 4.74 Å². The summed E-state index contributed by atoms with van der Waals surface area (Å²) >= 11 is 0. The van der Waals surface area contributed by atoms with Gasteiger partial charge in [-0.3, -0.25) is 9.78 Å². The van der Waals surface area contributed by atoms with Crippen molar-refractivity contribution >= 4 is 16.9 Å². The zero-order chi connectivity index (χ0) is 27.1. The van der Waals surface area contributed by atoms with Gasteiger partial charge in [-0.05, 0) is 105 Å². The number of rotatable bonds is 12. The average molecular weight is 529 g/mol. The summed E-state index contributed by atoms with van der Waals surface area (Å²) in [6.07, 6.45) is 4.09. The van der Waals surface area contributed by atoms with Crippen molar-refractivity contribution in [1.29, 1.82) is 0 Å². The van der Waals surface area contributed by atoms with Crippen LogP contribution in [0.25, 0.3) is 10.9 Å². The predicted octanol–water partition coefficient (Wildman–Crippen LogP) is 6.75. The zero-order valence-electron chi connectivity index (χ0n) is 21.7. The number of methoxy groups -OCH3 is 1. The molecule has 1 aliphatic heterocycles. The summed E-state index contributed by atoms with van der Waals surface area (Å²) in [6.45, 7) is 2.28. The molecule has 0 bridgehead atoms. The van der Waals surface area contributed by atoms with Crippen LogP contribution in [0.4, 0.5) is 13.2 Å². The Kier molecular flexibility index (Phi) is 9.61. The number of pyridine rings is 1. The van der Waals surface area contributed by atoms with Crippen molar-refractivity contribution in [3.05, 3.63) is 71.4 Å². The molecule has 8 heteroatoms. The number of aromatic nitrogens is 1. The fraction of sp³-hybridized carbons (Fsp3) is 0.467. The van der Waals surface area contributed by atoms with E-state index >= 15 is 4.39 Å². The first-order valence-electron chi connectivity index (χ1n) is 13.3. The van der Waals surface area contributed by atoms with Gasteiger partial charge in [-0.2, -0.15) is 0 Å². The number of nitrogens with zero attached hydrogens (tertiary/aromatic N) is 2. The van der Waals surface area contributed by atoms with Crippen LogP contribution in [0.3, 0.4) is 0 Å². The van der Waals surface area contributed by atoms with Gasteiger partial charge in [0.25, 0.3) is 0 Å². The Bertz CT molecular complexity index is 1240. The molecule has 0 amide bonds. The van der Waals surface area contributed by atoms with E-state index in [1.807, 2.05) is 18.2 Å². The number of hydrogen-bond donors (Lipinski definition) is 1. The van der Waals surface area contributed by atoms with Crippen LogP contribution in [0, 0.1) is 23.5 Å². The molecule has 5 nitrogen and oxygen atoms in total. The highest BCUT2D eigenvalue weighted by Gasteiger charge is 2.30. The van der Waals surface area contributed by atoms with Crippen molar-refractivity contribution in [3.8, 4) is 5.75 Å². The number of likely N-dealkylation sites (tertiary alicyclic amines) is 1. The number of fused-ring (bicyclic) bond motifs is 1. The number of hydrogen-bond acceptors (Lipinski definition) is 4. The summed E-state index contributed by atoms with van der Waals surface area (Å²) in [4.78, 5) is 17.9. The lowest BCUT2D eigenvalue weighted by atomic mass is 9.79. The lowest BCUT2D eigenvalue weighted by Gasteiger charge is -2.39. The summed E-state index contributed by atoms with van der Waals surface area (Å²) < 4.78 is 48.3. The third kappa shape index (κ3) is 7.04. The standard InChI is InChI=1S/C30H35F3N2O3/c1-38-23-9-11-28-25(18-23)24(13-15-34-28)26(31)10-7-20-14-17-35(19-22(20)8-12-29(36)37)16-3-5-21-4-2-6-27(32)30(21)33/h2,4,6,9,11,13,15,18,20,22,26H,3,5,7-8,10,12,14,16-17,19H2,1H3,(H,36,37)/t20-,22+,26?/m1/s1. The molecule has 2 aromatic carbocycles. The van der Waals surface area contributed by atoms with Gasteiger partial charge in [0, 0.05) is 24.5 Å². The van der Waals surface area contributed by atoms with E-state index in [-0.39, 0.29) is 18.3 Å². The monoisotopic (exact) mass is 528 g/mol. The van der Waals surface area contributed by atoms with Crippen LogP contribution in [-0.2, 0) is 11.2 Å². The molecule has 0 radical (unpaired) electrons. The molecule has 3 atom stereocenters. The number of carboxylic acid groups (broad SMARTS) is 1. The Hall–Kier alpha value is -3.13. The Labute approximate surface area is 221 Å². The van der Waals surface area contributed by atoms with E-state index in [4.69, 9.17) is 4.74 Å². The van der Waals surface area contributed by atoms with E-state index in [0.717, 1.165) is 43.0 Å². The number of carboxylic acids is 1. The number of ether oxygens (including phenoxy) is 1. The molecule has 1 unspecified atom stereocenters. The van der Waals surface area contributed by atoms with Crippen LogP contribution in [0.2, 0.25) is 0 Å². The van der Waals surface area contributed by atoms with Crippen molar-refractivity contribution in [3.63, 3.8) is 0 Å². The largest absolute Gasteiger partial charge is 0.497 e. The van der Waals surface area contributed by atoms with Crippen LogP contribution in [-0.4, -0.2) is 47.7 Å². The SMILES string of the molecule is COc1ccc2nccc(C(F)CC[C@@H]3CCN(CCCc4cccc(F)c4F)C[C@@H]3CCC(=O)O)c2c1. The lowest BCUT2D eigenvalue weighted by molar-refractivity contribution is -0.137. The molecule has 0 saturated carbocycles. The number of aliphatic carboxylic acids is 1. The van der Waals surface area contributed by atoms with Gasteiger partial charge in [0.2, 0.25) is 0 Å². The van der Waals surface area contributed by atoms with Crippen LogP contribution >= 0.6 is 0 Å². The number of aryl methyl sites for hydroxylation is 1. The number of carbonyl (C=O) groups is 1. The zero-order valence-corrected chi connectivity index (χ0v) is 21.7. The highest BCUT2D eigenvalue weighted by molar-refractivity contribution is 5.83. The molecule has 0 spiro atoms. The van der Waals surface area contributed by atoms with Crippen molar-refractivity contribution in [1.82, 2.24) is 9.88 Å². The van der Waals surface area contributed by atoms with Gasteiger partial charge in [-0.25, -0.2) is 13.2 Å². The maximum absolute atomic E-state index is 15.5. The Morgan fingerprint density at radius 1 is 1.18 bits per heavy atom. The van der Waals surface area contributed by atoms with E-state index in [0.29, 0.717) is 49.0 Å². The Morgan fingerprint density at radius 2 is 2.03 bits per heavy atom. The normalized spacial score (nSPS) is 18.9. The van der Waals surface area contributed by atoms with E-state index in [2.05, 4.69) is 9.88 Å². The van der Waals surface area contributed by atoms with E-state index in [1.54, 1.807) is 25.4 Å². The van der Waals surface area contributed by atoms with Crippen LogP contribution in [0.5, 0.6) is 5.75 Å². The predicted molar refractivity (Wildman–Crippen MR) is 141 cm³/mol. The van der Waals surface area contributed by atoms with Crippen molar-refractivity contribution in [2.45, 2.75) is 51.1 Å². The lowest BCUT2D eigenvalue weighted by Crippen LogP contribution is -2.41. The highest BCUT2D eigenvalue weighted by atomic mass is 19.2. The molecule has 38 heavy (non-hydrogen) atoms. The summed E-state index contributed by atoms with van der Waals surface area (Å²) in [5, 5.41) is 10.0. The molecule has 1 aromatic heterocycles. The minimum Gasteiger partial charge on any atom is -0.497 e. The fourth-order valence-electron chi connectivity index (χ4n) is 5.67. The maximum Gasteiger partial charge on any atom is 0.303 e. The smallest absolute Gasteiger partial charge is 0.303 e. The quantitative estimate of drug-likeness (QED) is 0.282. The van der Waals surface area contributed by atoms with E-state index in [9.17, 15) is 18.7 Å². The fourth-order valence-corrected chi connectivity index (χ4v) is 5.67. The third-order valence-corrected chi connectivity index (χ3v) is 7.77. The molecule has 0 aliphatic carbocycles. The molecule has 4 rings (SSSR count). The first-order chi connectivity index (χ1) is 18.4. The van der Waals surface area contributed by atoms with Crippen molar-refractivity contribution < 1.29 is 27.8 Å². The maximum atomic E-state index is 15.5. The van der Waals surface area contributed by atoms with E-state index < -0.39 is 23.8 Å². The molecular formula is C30H35F3N2O3. The van der Waals surface area contributed by atoms with Crippen LogP contribution in [0.15, 0.2) is 48.7 Å². The summed E-state index contributed by atoms with van der Waals surface area (Å²) in [5.74, 6) is -1.42. The number of alkyl halides is 1. The number of piperidine rings is 1. The minimum absolute atomic E-state index is 0.0807. The Morgan fingerprint density at radius 3 is 2.82 bits per heavy atom. The molecule has 204 valence electrons. The molecule has 3 aromatic rings.